The second-order valence-corrected chi connectivity index (χ2v) is 8.73. The maximum Gasteiger partial charge on any atom is 0.119 e. The molecule has 0 aliphatic carbocycles. The first-order valence-corrected chi connectivity index (χ1v) is 12.0. The summed E-state index contributed by atoms with van der Waals surface area (Å²) in [6.07, 6.45) is 4.82. The van der Waals surface area contributed by atoms with Gasteiger partial charge in [-0.25, -0.2) is 4.98 Å². The van der Waals surface area contributed by atoms with Crippen LogP contribution in [0.1, 0.15) is 46.5 Å². The molecule has 2 aromatic carbocycles. The van der Waals surface area contributed by atoms with Gasteiger partial charge in [-0.1, -0.05) is 45.2 Å². The van der Waals surface area contributed by atoms with Gasteiger partial charge in [0.05, 0.1) is 23.8 Å². The molecule has 0 amide bonds. The number of ether oxygens (including phenoxy) is 1. The van der Waals surface area contributed by atoms with Gasteiger partial charge in [0.25, 0.3) is 0 Å². The topological polar surface area (TPSA) is 37.4 Å². The predicted octanol–water partition coefficient (Wildman–Crippen LogP) is 7.00. The van der Waals surface area contributed by atoms with E-state index in [9.17, 15) is 0 Å². The molecule has 0 spiro atoms. The quantitative estimate of drug-likeness (QED) is 0.242. The molecule has 0 radical (unpaired) electrons. The van der Waals surface area contributed by atoms with Crippen LogP contribution < -0.4 is 10.1 Å². The summed E-state index contributed by atoms with van der Waals surface area (Å²) in [5.41, 5.74) is 2.96. The van der Waals surface area contributed by atoms with Gasteiger partial charge in [0.1, 0.15) is 5.75 Å². The van der Waals surface area contributed by atoms with Crippen molar-refractivity contribution in [3.63, 3.8) is 0 Å². The van der Waals surface area contributed by atoms with Gasteiger partial charge in [-0.05, 0) is 68.2 Å². The largest absolute Gasteiger partial charge is 0.497 e. The first-order chi connectivity index (χ1) is 15.1. The molecule has 0 aliphatic heterocycles. The number of nitrogens with zero attached hydrogens (tertiary/aromatic N) is 2. The zero-order valence-corrected chi connectivity index (χ0v) is 20.1. The van der Waals surface area contributed by atoms with Crippen molar-refractivity contribution >= 4 is 39.1 Å². The van der Waals surface area contributed by atoms with Gasteiger partial charge in [-0.3, -0.25) is 0 Å². The van der Waals surface area contributed by atoms with Crippen molar-refractivity contribution < 1.29 is 4.74 Å². The van der Waals surface area contributed by atoms with Gasteiger partial charge in [0, 0.05) is 28.9 Å². The number of hydrogen-bond acceptors (Lipinski definition) is 4. The molecule has 0 aliphatic rings. The van der Waals surface area contributed by atoms with Crippen LogP contribution in [-0.2, 0) is 0 Å². The normalized spacial score (nSPS) is 11.7. The van der Waals surface area contributed by atoms with Crippen LogP contribution in [0.4, 0.5) is 5.69 Å². The van der Waals surface area contributed by atoms with Crippen LogP contribution in [0.15, 0.2) is 36.4 Å². The third-order valence-electron chi connectivity index (χ3n) is 6.11. The molecule has 3 aromatic rings. The Balaban J connectivity index is 1.79. The number of benzene rings is 2. The van der Waals surface area contributed by atoms with Gasteiger partial charge in [-0.15, -0.1) is 0 Å². The average molecular weight is 442 g/mol. The summed E-state index contributed by atoms with van der Waals surface area (Å²) in [5, 5.41) is 6.59. The lowest BCUT2D eigenvalue weighted by molar-refractivity contribution is 0.223. The summed E-state index contributed by atoms with van der Waals surface area (Å²) in [7, 11) is 1.70. The van der Waals surface area contributed by atoms with E-state index in [1.54, 1.807) is 7.11 Å². The Bertz CT molecular complexity index is 987. The number of methoxy groups -OCH3 is 1. The van der Waals surface area contributed by atoms with E-state index in [1.807, 2.05) is 24.3 Å². The average Bonchev–Trinajstić information content (AvgIpc) is 2.78. The SMILES string of the molecule is CCCN(CCCNc1c2ccc(Cl)cc2nc2ccc(OC)cc12)CC(CC)CC. The first kappa shape index (κ1) is 23.6. The Morgan fingerprint density at radius 3 is 2.52 bits per heavy atom. The van der Waals surface area contributed by atoms with E-state index in [4.69, 9.17) is 21.3 Å². The van der Waals surface area contributed by atoms with Crippen molar-refractivity contribution in [3.05, 3.63) is 41.4 Å². The standard InChI is InChI=1S/C26H36ClN3O/c1-5-14-30(18-19(6-2)7-3)15-8-13-28-26-22-11-9-20(27)16-25(22)29-24-12-10-21(31-4)17-23(24)26/h9-12,16-17,19H,5-8,13-15,18H2,1-4H3,(H,28,29). The Morgan fingerprint density at radius 1 is 1.00 bits per heavy atom. The second-order valence-electron chi connectivity index (χ2n) is 8.29. The minimum atomic E-state index is 0.704. The Kier molecular flexibility index (Phi) is 8.79. The molecule has 0 fully saturated rings. The highest BCUT2D eigenvalue weighted by Gasteiger charge is 2.13. The van der Waals surface area contributed by atoms with Crippen LogP contribution in [0.5, 0.6) is 5.75 Å². The molecule has 3 rings (SSSR count). The highest BCUT2D eigenvalue weighted by atomic mass is 35.5. The summed E-state index contributed by atoms with van der Waals surface area (Å²) in [6.45, 7) is 11.3. The van der Waals surface area contributed by atoms with Crippen molar-refractivity contribution in [2.24, 2.45) is 5.92 Å². The Morgan fingerprint density at radius 2 is 1.81 bits per heavy atom. The highest BCUT2D eigenvalue weighted by molar-refractivity contribution is 6.31. The van der Waals surface area contributed by atoms with Crippen LogP contribution in [0.25, 0.3) is 21.8 Å². The van der Waals surface area contributed by atoms with Crippen LogP contribution >= 0.6 is 11.6 Å². The molecule has 1 aromatic heterocycles. The monoisotopic (exact) mass is 441 g/mol. The number of nitrogens with one attached hydrogen (secondary N) is 1. The van der Waals surface area contributed by atoms with Crippen molar-refractivity contribution in [1.29, 1.82) is 0 Å². The fourth-order valence-electron chi connectivity index (χ4n) is 4.25. The summed E-state index contributed by atoms with van der Waals surface area (Å²) >= 11 is 6.24. The summed E-state index contributed by atoms with van der Waals surface area (Å²) in [4.78, 5) is 7.45. The van der Waals surface area contributed by atoms with E-state index in [0.717, 1.165) is 58.7 Å². The van der Waals surface area contributed by atoms with Gasteiger partial charge in [0.2, 0.25) is 0 Å². The third-order valence-corrected chi connectivity index (χ3v) is 6.34. The number of hydrogen-bond donors (Lipinski definition) is 1. The molecule has 5 heteroatoms. The van der Waals surface area contributed by atoms with E-state index >= 15 is 0 Å². The second kappa shape index (κ2) is 11.5. The highest BCUT2D eigenvalue weighted by Crippen LogP contribution is 2.34. The molecule has 1 heterocycles. The molecular weight excluding hydrogens is 406 g/mol. The molecule has 1 N–H and O–H groups in total. The molecular formula is C26H36ClN3O. The number of aromatic nitrogens is 1. The summed E-state index contributed by atoms with van der Waals surface area (Å²) in [6, 6.07) is 12.0. The molecule has 168 valence electrons. The number of anilines is 1. The van der Waals surface area contributed by atoms with E-state index in [-0.39, 0.29) is 0 Å². The van der Waals surface area contributed by atoms with E-state index in [2.05, 4.69) is 43.1 Å². The zero-order valence-electron chi connectivity index (χ0n) is 19.4. The van der Waals surface area contributed by atoms with E-state index in [0.29, 0.717) is 5.02 Å². The first-order valence-electron chi connectivity index (χ1n) is 11.6. The van der Waals surface area contributed by atoms with Crippen LogP contribution in [0, 0.1) is 5.92 Å². The summed E-state index contributed by atoms with van der Waals surface area (Å²) < 4.78 is 5.47. The fraction of sp³-hybridized carbons (Fsp3) is 0.500. The lowest BCUT2D eigenvalue weighted by Gasteiger charge is -2.26. The van der Waals surface area contributed by atoms with E-state index in [1.165, 1.54) is 32.4 Å². The minimum absolute atomic E-state index is 0.704. The van der Waals surface area contributed by atoms with Gasteiger partial charge in [0.15, 0.2) is 0 Å². The molecule has 0 bridgehead atoms. The molecule has 4 nitrogen and oxygen atoms in total. The van der Waals surface area contributed by atoms with Crippen molar-refractivity contribution in [3.8, 4) is 5.75 Å². The number of rotatable bonds is 12. The molecule has 0 atom stereocenters. The maximum atomic E-state index is 6.24. The fourth-order valence-corrected chi connectivity index (χ4v) is 4.42. The van der Waals surface area contributed by atoms with E-state index < -0.39 is 0 Å². The molecule has 31 heavy (non-hydrogen) atoms. The lowest BCUT2D eigenvalue weighted by atomic mass is 10.0. The van der Waals surface area contributed by atoms with Crippen molar-refractivity contribution in [1.82, 2.24) is 9.88 Å². The molecule has 0 saturated heterocycles. The number of halogens is 1. The molecule has 0 unspecified atom stereocenters. The van der Waals surface area contributed by atoms with Crippen LogP contribution in [-0.4, -0.2) is 43.2 Å². The Hall–Kier alpha value is -2.04. The van der Waals surface area contributed by atoms with Gasteiger partial charge < -0.3 is 15.0 Å². The Labute approximate surface area is 191 Å². The smallest absolute Gasteiger partial charge is 0.119 e. The minimum Gasteiger partial charge on any atom is -0.497 e. The van der Waals surface area contributed by atoms with Crippen molar-refractivity contribution in [2.45, 2.75) is 46.5 Å². The van der Waals surface area contributed by atoms with Gasteiger partial charge in [-0.2, -0.15) is 0 Å². The van der Waals surface area contributed by atoms with Crippen LogP contribution in [0.3, 0.4) is 0 Å². The van der Waals surface area contributed by atoms with Crippen molar-refractivity contribution in [2.75, 3.05) is 38.6 Å². The number of pyridine rings is 1. The predicted molar refractivity (Wildman–Crippen MR) is 135 cm³/mol. The lowest BCUT2D eigenvalue weighted by Crippen LogP contribution is -2.32. The zero-order chi connectivity index (χ0) is 22.2. The summed E-state index contributed by atoms with van der Waals surface area (Å²) in [5.74, 6) is 1.63. The van der Waals surface area contributed by atoms with Gasteiger partial charge >= 0.3 is 0 Å². The maximum absolute atomic E-state index is 6.24. The van der Waals surface area contributed by atoms with Crippen LogP contribution in [0.2, 0.25) is 5.02 Å². The molecule has 0 saturated carbocycles. The third kappa shape index (κ3) is 6.02. The number of fused-ring (bicyclic) bond motifs is 2.